The van der Waals surface area contributed by atoms with Gasteiger partial charge in [0.25, 0.3) is 0 Å². The summed E-state index contributed by atoms with van der Waals surface area (Å²) in [5.74, 6) is 0.856. The Morgan fingerprint density at radius 2 is 2.20 bits per heavy atom. The van der Waals surface area contributed by atoms with E-state index in [-0.39, 0.29) is 0 Å². The molecule has 0 aromatic heterocycles. The minimum atomic E-state index is 0.856. The number of allylic oxidation sites excluding steroid dienone is 1. The fourth-order valence-corrected chi connectivity index (χ4v) is 0.334. The monoisotopic (exact) mass is 68.1 g/mol. The molecule has 0 aromatic carbocycles. The molecule has 0 saturated heterocycles. The topological polar surface area (TPSA) is 0 Å². The highest BCUT2D eigenvalue weighted by atomic mass is 14.2. The van der Waals surface area contributed by atoms with Crippen molar-refractivity contribution in [2.45, 2.75) is 13.3 Å². The molecule has 0 aromatic rings. The molecule has 0 N–H and O–H groups in total. The Labute approximate surface area is 32.5 Å². The van der Waals surface area contributed by atoms with Crippen molar-refractivity contribution in [2.75, 3.05) is 0 Å². The second-order valence-electron chi connectivity index (χ2n) is 1.76. The molecule has 0 radical (unpaired) electrons. The lowest BCUT2D eigenvalue weighted by Gasteiger charge is -1.57. The second kappa shape index (κ2) is 0.618. The van der Waals surface area contributed by atoms with Crippen molar-refractivity contribution in [1.29, 1.82) is 0 Å². The van der Waals surface area contributed by atoms with Gasteiger partial charge in [0.1, 0.15) is 0 Å². The molecule has 28 valence electrons. The highest BCUT2D eigenvalue weighted by Gasteiger charge is 2.19. The zero-order chi connectivity index (χ0) is 3.86. The zero-order valence-corrected chi connectivity index (χ0v) is 3.49. The van der Waals surface area contributed by atoms with Gasteiger partial charge in [-0.25, -0.2) is 0 Å². The van der Waals surface area contributed by atoms with Crippen molar-refractivity contribution in [3.63, 3.8) is 0 Å². The van der Waals surface area contributed by atoms with Gasteiger partial charge in [0.15, 0.2) is 0 Å². The van der Waals surface area contributed by atoms with Crippen LogP contribution in [0.5, 0.6) is 0 Å². The van der Waals surface area contributed by atoms with Gasteiger partial charge in [-0.15, -0.1) is 0 Å². The lowest BCUT2D eigenvalue weighted by Crippen LogP contribution is -1.46. The number of hydrogen-bond donors (Lipinski definition) is 0. The molecule has 1 aliphatic carbocycles. The van der Waals surface area contributed by atoms with E-state index in [0.717, 1.165) is 5.92 Å². The maximum atomic E-state index is 3.75. The van der Waals surface area contributed by atoms with E-state index >= 15 is 0 Å². The maximum absolute atomic E-state index is 3.75. The van der Waals surface area contributed by atoms with E-state index in [9.17, 15) is 0 Å². The van der Waals surface area contributed by atoms with Gasteiger partial charge < -0.3 is 0 Å². The first kappa shape index (κ1) is 2.95. The van der Waals surface area contributed by atoms with Crippen LogP contribution >= 0.6 is 0 Å². The van der Waals surface area contributed by atoms with Crippen LogP contribution in [0.3, 0.4) is 0 Å². The van der Waals surface area contributed by atoms with Gasteiger partial charge in [0.05, 0.1) is 0 Å². The molecule has 0 unspecified atom stereocenters. The van der Waals surface area contributed by atoms with Crippen molar-refractivity contribution >= 4 is 0 Å². The molecule has 5 heavy (non-hydrogen) atoms. The van der Waals surface area contributed by atoms with E-state index in [2.05, 4.69) is 13.5 Å². The molecule has 0 amide bonds. The standard InChI is InChI=1S/C5H8/c1-4-3-5(4)2/h5H,1,3H2,2H3/t5-/m0/s1. The van der Waals surface area contributed by atoms with Crippen molar-refractivity contribution in [3.05, 3.63) is 12.2 Å². The van der Waals surface area contributed by atoms with Crippen LogP contribution in [0.1, 0.15) is 13.3 Å². The summed E-state index contributed by atoms with van der Waals surface area (Å²) >= 11 is 0. The minimum absolute atomic E-state index is 0.856. The third-order valence-corrected chi connectivity index (χ3v) is 1.11. The minimum Gasteiger partial charge on any atom is -0.0996 e. The fraction of sp³-hybridized carbons (Fsp3) is 0.600. The summed E-state index contributed by atoms with van der Waals surface area (Å²) in [6, 6.07) is 0. The Hall–Kier alpha value is -0.260. The fourth-order valence-electron chi connectivity index (χ4n) is 0.334. The summed E-state index contributed by atoms with van der Waals surface area (Å²) in [6.45, 7) is 5.94. The highest BCUT2D eigenvalue weighted by Crippen LogP contribution is 2.34. The molecule has 0 aliphatic heterocycles. The summed E-state index contributed by atoms with van der Waals surface area (Å²) in [5, 5.41) is 0. The van der Waals surface area contributed by atoms with Gasteiger partial charge in [-0.3, -0.25) is 0 Å². The number of hydrogen-bond acceptors (Lipinski definition) is 0. The maximum Gasteiger partial charge on any atom is -0.0197 e. The SMILES string of the molecule is C=C1C[C@@H]1C. The van der Waals surface area contributed by atoms with Gasteiger partial charge in [0.2, 0.25) is 0 Å². The van der Waals surface area contributed by atoms with Crippen LogP contribution in [0.2, 0.25) is 0 Å². The zero-order valence-electron chi connectivity index (χ0n) is 3.49. The molecule has 0 nitrogen and oxygen atoms in total. The van der Waals surface area contributed by atoms with Crippen LogP contribution < -0.4 is 0 Å². The van der Waals surface area contributed by atoms with Crippen LogP contribution in [-0.2, 0) is 0 Å². The van der Waals surface area contributed by atoms with Crippen molar-refractivity contribution in [2.24, 2.45) is 5.92 Å². The summed E-state index contributed by atoms with van der Waals surface area (Å²) in [6.07, 6.45) is 1.28. The molecule has 1 aliphatic rings. The number of rotatable bonds is 0. The second-order valence-corrected chi connectivity index (χ2v) is 1.76. The van der Waals surface area contributed by atoms with Crippen LogP contribution in [0, 0.1) is 5.92 Å². The normalized spacial score (nSPS) is 34.6. The van der Waals surface area contributed by atoms with E-state index in [1.807, 2.05) is 0 Å². The first-order chi connectivity index (χ1) is 2.30. The predicted molar refractivity (Wildman–Crippen MR) is 22.9 cm³/mol. The lowest BCUT2D eigenvalue weighted by atomic mass is 10.5. The molecule has 0 heterocycles. The Balaban J connectivity index is 2.47. The molecular weight excluding hydrogens is 60.1 g/mol. The van der Waals surface area contributed by atoms with E-state index in [1.54, 1.807) is 0 Å². The van der Waals surface area contributed by atoms with Gasteiger partial charge in [-0.2, -0.15) is 0 Å². The Kier molecular flexibility index (Phi) is 0.365. The van der Waals surface area contributed by atoms with Crippen molar-refractivity contribution in [3.8, 4) is 0 Å². The highest BCUT2D eigenvalue weighted by molar-refractivity contribution is 5.16. The lowest BCUT2D eigenvalue weighted by molar-refractivity contribution is 1.02. The summed E-state index contributed by atoms with van der Waals surface area (Å²) < 4.78 is 0. The van der Waals surface area contributed by atoms with Crippen LogP contribution in [0.25, 0.3) is 0 Å². The molecule has 1 fully saturated rings. The van der Waals surface area contributed by atoms with Gasteiger partial charge in [-0.1, -0.05) is 19.1 Å². The molecule has 0 spiro atoms. The van der Waals surface area contributed by atoms with E-state index in [4.69, 9.17) is 0 Å². The Bertz CT molecular complexity index is 62.4. The molecule has 1 atom stereocenters. The van der Waals surface area contributed by atoms with Crippen molar-refractivity contribution < 1.29 is 0 Å². The summed E-state index contributed by atoms with van der Waals surface area (Å²) in [5.41, 5.74) is 1.42. The molecule has 0 bridgehead atoms. The van der Waals surface area contributed by atoms with Gasteiger partial charge in [-0.05, 0) is 12.3 Å². The van der Waals surface area contributed by atoms with Gasteiger partial charge >= 0.3 is 0 Å². The Morgan fingerprint density at radius 1 is 2.00 bits per heavy atom. The molecule has 0 heteroatoms. The molecule has 1 rings (SSSR count). The third-order valence-electron chi connectivity index (χ3n) is 1.11. The van der Waals surface area contributed by atoms with Crippen LogP contribution in [-0.4, -0.2) is 0 Å². The van der Waals surface area contributed by atoms with E-state index < -0.39 is 0 Å². The Morgan fingerprint density at radius 3 is 2.20 bits per heavy atom. The average molecular weight is 68.1 g/mol. The van der Waals surface area contributed by atoms with Gasteiger partial charge in [0, 0.05) is 0 Å². The average Bonchev–Trinajstić information content (AvgIpc) is 1.79. The summed E-state index contributed by atoms with van der Waals surface area (Å²) in [4.78, 5) is 0. The van der Waals surface area contributed by atoms with Crippen molar-refractivity contribution in [1.82, 2.24) is 0 Å². The molecular formula is C5H8. The van der Waals surface area contributed by atoms with Crippen LogP contribution in [0.4, 0.5) is 0 Å². The van der Waals surface area contributed by atoms with E-state index in [0.29, 0.717) is 0 Å². The third kappa shape index (κ3) is 0.344. The molecule has 1 saturated carbocycles. The van der Waals surface area contributed by atoms with Crippen LogP contribution in [0.15, 0.2) is 12.2 Å². The first-order valence-electron chi connectivity index (χ1n) is 1.98. The van der Waals surface area contributed by atoms with E-state index in [1.165, 1.54) is 12.0 Å². The largest absolute Gasteiger partial charge is 0.0996 e. The smallest absolute Gasteiger partial charge is 0.0197 e. The summed E-state index contributed by atoms with van der Waals surface area (Å²) in [7, 11) is 0. The first-order valence-corrected chi connectivity index (χ1v) is 1.98. The predicted octanol–water partition coefficient (Wildman–Crippen LogP) is 1.58. The quantitative estimate of drug-likeness (QED) is 0.378.